The molecule has 1 aliphatic rings. The quantitative estimate of drug-likeness (QED) is 0.897. The molecular weight excluding hydrogens is 236 g/mol. The Hall–Kier alpha value is -1.13. The first-order valence-corrected chi connectivity index (χ1v) is 7.00. The normalized spacial score (nSPS) is 19.7. The molecular formula is C15H26N4. The molecule has 0 unspecified atom stereocenters. The van der Waals surface area contributed by atoms with Crippen LogP contribution in [-0.2, 0) is 6.54 Å². The van der Waals surface area contributed by atoms with Crippen LogP contribution in [0, 0.1) is 6.92 Å². The Morgan fingerprint density at radius 1 is 1.37 bits per heavy atom. The molecule has 19 heavy (non-hydrogen) atoms. The van der Waals surface area contributed by atoms with Crippen LogP contribution in [0.25, 0.3) is 0 Å². The van der Waals surface area contributed by atoms with E-state index in [0.29, 0.717) is 0 Å². The fourth-order valence-electron chi connectivity index (χ4n) is 2.64. The van der Waals surface area contributed by atoms with Crippen molar-refractivity contribution in [2.45, 2.75) is 32.9 Å². The average Bonchev–Trinajstić information content (AvgIpc) is 2.35. The minimum absolute atomic E-state index is 0.215. The highest BCUT2D eigenvalue weighted by Crippen LogP contribution is 2.27. The number of hydrogen-bond donors (Lipinski definition) is 1. The first-order valence-electron chi connectivity index (χ1n) is 7.00. The standard InChI is InChI=1S/C15H26N4/c1-12-8-14(13(9-16-4)10-17-12)19-7-6-18(5)15(2,3)11-19/h8,10,16H,6-7,9,11H2,1-5H3. The van der Waals surface area contributed by atoms with Gasteiger partial charge in [0, 0.05) is 54.9 Å². The second-order valence-electron chi connectivity index (χ2n) is 6.14. The lowest BCUT2D eigenvalue weighted by Gasteiger charge is -2.46. The zero-order valence-corrected chi connectivity index (χ0v) is 12.8. The number of nitrogens with zero attached hydrogens (tertiary/aromatic N) is 3. The van der Waals surface area contributed by atoms with Crippen LogP contribution in [0.15, 0.2) is 12.3 Å². The number of hydrogen-bond acceptors (Lipinski definition) is 4. The van der Waals surface area contributed by atoms with Gasteiger partial charge in [0.25, 0.3) is 0 Å². The summed E-state index contributed by atoms with van der Waals surface area (Å²) in [6.07, 6.45) is 2.01. The van der Waals surface area contributed by atoms with Gasteiger partial charge in [0.2, 0.25) is 0 Å². The van der Waals surface area contributed by atoms with Crippen LogP contribution < -0.4 is 10.2 Å². The van der Waals surface area contributed by atoms with Gasteiger partial charge in [-0.25, -0.2) is 0 Å². The molecule has 0 saturated carbocycles. The monoisotopic (exact) mass is 262 g/mol. The lowest BCUT2D eigenvalue weighted by Crippen LogP contribution is -2.57. The molecule has 106 valence electrons. The molecule has 0 aromatic carbocycles. The number of aryl methyl sites for hydroxylation is 1. The third kappa shape index (κ3) is 3.07. The van der Waals surface area contributed by atoms with Crippen LogP contribution in [0.1, 0.15) is 25.1 Å². The smallest absolute Gasteiger partial charge is 0.0446 e. The predicted octanol–water partition coefficient (Wildman–Crippen LogP) is 1.64. The molecule has 1 aromatic rings. The average molecular weight is 262 g/mol. The maximum atomic E-state index is 4.43. The number of piperazine rings is 1. The largest absolute Gasteiger partial charge is 0.368 e. The molecule has 1 N–H and O–H groups in total. The minimum atomic E-state index is 0.215. The molecule has 2 rings (SSSR count). The summed E-state index contributed by atoms with van der Waals surface area (Å²) in [6, 6.07) is 2.22. The van der Waals surface area contributed by atoms with Gasteiger partial charge in [-0.05, 0) is 40.9 Å². The molecule has 0 atom stereocenters. The van der Waals surface area contributed by atoms with E-state index in [4.69, 9.17) is 0 Å². The Labute approximate surface area is 116 Å². The van der Waals surface area contributed by atoms with Crippen molar-refractivity contribution in [1.82, 2.24) is 15.2 Å². The van der Waals surface area contributed by atoms with Gasteiger partial charge in [-0.15, -0.1) is 0 Å². The van der Waals surface area contributed by atoms with Gasteiger partial charge in [0.1, 0.15) is 0 Å². The molecule has 1 aromatic heterocycles. The van der Waals surface area contributed by atoms with E-state index in [1.54, 1.807) is 0 Å². The summed E-state index contributed by atoms with van der Waals surface area (Å²) < 4.78 is 0. The number of anilines is 1. The van der Waals surface area contributed by atoms with Crippen LogP contribution >= 0.6 is 0 Å². The summed E-state index contributed by atoms with van der Waals surface area (Å²) in [5.41, 5.74) is 3.93. The number of nitrogens with one attached hydrogen (secondary N) is 1. The minimum Gasteiger partial charge on any atom is -0.368 e. The van der Waals surface area contributed by atoms with Gasteiger partial charge >= 0.3 is 0 Å². The van der Waals surface area contributed by atoms with Gasteiger partial charge in [0.15, 0.2) is 0 Å². The van der Waals surface area contributed by atoms with Crippen molar-refractivity contribution < 1.29 is 0 Å². The van der Waals surface area contributed by atoms with Gasteiger partial charge in [-0.3, -0.25) is 9.88 Å². The third-order valence-electron chi connectivity index (χ3n) is 4.12. The lowest BCUT2D eigenvalue weighted by molar-refractivity contribution is 0.139. The summed E-state index contributed by atoms with van der Waals surface area (Å²) in [7, 11) is 4.20. The molecule has 0 bridgehead atoms. The molecule has 1 fully saturated rings. The van der Waals surface area contributed by atoms with Crippen LogP contribution in [0.4, 0.5) is 5.69 Å². The highest BCUT2D eigenvalue weighted by molar-refractivity contribution is 5.54. The number of pyridine rings is 1. The van der Waals surface area contributed by atoms with Crippen LogP contribution in [-0.4, -0.2) is 49.2 Å². The molecule has 0 aliphatic carbocycles. The molecule has 1 aliphatic heterocycles. The Bertz CT molecular complexity index is 442. The Morgan fingerprint density at radius 3 is 2.74 bits per heavy atom. The summed E-state index contributed by atoms with van der Waals surface area (Å²) in [5, 5.41) is 3.24. The van der Waals surface area contributed by atoms with E-state index in [-0.39, 0.29) is 5.54 Å². The number of rotatable bonds is 3. The summed E-state index contributed by atoms with van der Waals surface area (Å²) in [5.74, 6) is 0. The van der Waals surface area contributed by atoms with Crippen molar-refractivity contribution in [3.63, 3.8) is 0 Å². The Kier molecular flexibility index (Phi) is 4.11. The Morgan fingerprint density at radius 2 is 2.11 bits per heavy atom. The summed E-state index contributed by atoms with van der Waals surface area (Å²) >= 11 is 0. The van der Waals surface area contributed by atoms with E-state index in [2.05, 4.69) is 54.0 Å². The zero-order valence-electron chi connectivity index (χ0n) is 12.8. The molecule has 0 amide bonds. The van der Waals surface area contributed by atoms with E-state index in [0.717, 1.165) is 31.9 Å². The zero-order chi connectivity index (χ0) is 14.0. The number of likely N-dealkylation sites (N-methyl/N-ethyl adjacent to an activating group) is 1. The third-order valence-corrected chi connectivity index (χ3v) is 4.12. The van der Waals surface area contributed by atoms with Crippen molar-refractivity contribution in [2.24, 2.45) is 0 Å². The molecule has 1 saturated heterocycles. The van der Waals surface area contributed by atoms with Crippen molar-refractivity contribution in [3.05, 3.63) is 23.5 Å². The number of aromatic nitrogens is 1. The van der Waals surface area contributed by atoms with Crippen LogP contribution in [0.3, 0.4) is 0 Å². The Balaban J connectivity index is 2.28. The van der Waals surface area contributed by atoms with Crippen LogP contribution in [0.5, 0.6) is 0 Å². The molecule has 4 nitrogen and oxygen atoms in total. The van der Waals surface area contributed by atoms with Crippen molar-refractivity contribution in [3.8, 4) is 0 Å². The van der Waals surface area contributed by atoms with Crippen LogP contribution in [0.2, 0.25) is 0 Å². The van der Waals surface area contributed by atoms with E-state index in [1.165, 1.54) is 11.3 Å². The van der Waals surface area contributed by atoms with Crippen molar-refractivity contribution in [1.29, 1.82) is 0 Å². The van der Waals surface area contributed by atoms with Gasteiger partial charge in [0.05, 0.1) is 0 Å². The lowest BCUT2D eigenvalue weighted by atomic mass is 9.98. The molecule has 2 heterocycles. The van der Waals surface area contributed by atoms with E-state index in [1.807, 2.05) is 13.2 Å². The predicted molar refractivity (Wildman–Crippen MR) is 80.7 cm³/mol. The topological polar surface area (TPSA) is 31.4 Å². The fourth-order valence-corrected chi connectivity index (χ4v) is 2.64. The first kappa shape index (κ1) is 14.3. The first-order chi connectivity index (χ1) is 8.94. The molecule has 0 radical (unpaired) electrons. The van der Waals surface area contributed by atoms with Gasteiger partial charge in [-0.2, -0.15) is 0 Å². The van der Waals surface area contributed by atoms with Gasteiger partial charge in [-0.1, -0.05) is 0 Å². The summed E-state index contributed by atoms with van der Waals surface area (Å²) in [4.78, 5) is 9.37. The maximum absolute atomic E-state index is 4.43. The molecule has 4 heteroatoms. The second kappa shape index (κ2) is 5.47. The summed E-state index contributed by atoms with van der Waals surface area (Å²) in [6.45, 7) is 10.8. The van der Waals surface area contributed by atoms with Gasteiger partial charge < -0.3 is 10.2 Å². The van der Waals surface area contributed by atoms with E-state index < -0.39 is 0 Å². The SMILES string of the molecule is CNCc1cnc(C)cc1N1CCN(C)C(C)(C)C1. The van der Waals surface area contributed by atoms with Crippen molar-refractivity contribution in [2.75, 3.05) is 38.6 Å². The second-order valence-corrected chi connectivity index (χ2v) is 6.14. The maximum Gasteiger partial charge on any atom is 0.0446 e. The molecule has 0 spiro atoms. The van der Waals surface area contributed by atoms with Crippen molar-refractivity contribution >= 4 is 5.69 Å². The fraction of sp³-hybridized carbons (Fsp3) is 0.667. The van der Waals surface area contributed by atoms with E-state index >= 15 is 0 Å². The highest BCUT2D eigenvalue weighted by atomic mass is 15.3. The van der Waals surface area contributed by atoms with E-state index in [9.17, 15) is 0 Å². The highest BCUT2D eigenvalue weighted by Gasteiger charge is 2.31.